The summed E-state index contributed by atoms with van der Waals surface area (Å²) in [6.45, 7) is 0.117. The smallest absolute Gasteiger partial charge is 0.332 e. The molecule has 5 N–H and O–H groups in total. The van der Waals surface area contributed by atoms with E-state index >= 15 is 0 Å². The number of benzene rings is 1. The van der Waals surface area contributed by atoms with E-state index in [0.29, 0.717) is 12.0 Å². The summed E-state index contributed by atoms with van der Waals surface area (Å²) in [6, 6.07) is 3.68. The normalized spacial score (nSPS) is 19.4. The molecule has 0 radical (unpaired) electrons. The van der Waals surface area contributed by atoms with Gasteiger partial charge in [-0.3, -0.25) is 10.1 Å². The Morgan fingerprint density at radius 1 is 1.18 bits per heavy atom. The summed E-state index contributed by atoms with van der Waals surface area (Å²) >= 11 is 0. The Kier molecular flexibility index (Phi) is 5.98. The lowest BCUT2D eigenvalue weighted by molar-refractivity contribution is -0.385. The number of nitrogens with one attached hydrogen (secondary N) is 1. The fraction of sp³-hybridized carbons (Fsp3) is 0.444. The molecule has 1 aromatic heterocycles. The monoisotopic (exact) mass is 392 g/mol. The highest BCUT2D eigenvalue weighted by atomic mass is 19.2. The van der Waals surface area contributed by atoms with Crippen molar-refractivity contribution in [2.75, 3.05) is 11.1 Å². The molecule has 3 rings (SSSR count). The SMILES string of the molecule is Nc1nc(NCc2ccc(F)c(F)c2)nc(C[C@H]2CC[C@H](N)CC2)c1[N+](=O)[O-]. The maximum absolute atomic E-state index is 13.3. The molecule has 1 saturated carbocycles. The summed E-state index contributed by atoms with van der Waals surface area (Å²) < 4.78 is 26.4. The van der Waals surface area contributed by atoms with Gasteiger partial charge < -0.3 is 16.8 Å². The Balaban J connectivity index is 1.78. The zero-order chi connectivity index (χ0) is 20.3. The molecule has 0 amide bonds. The van der Waals surface area contributed by atoms with Crippen LogP contribution in [0.4, 0.5) is 26.2 Å². The minimum atomic E-state index is -0.959. The van der Waals surface area contributed by atoms with Crippen LogP contribution >= 0.6 is 0 Å². The molecule has 0 spiro atoms. The van der Waals surface area contributed by atoms with Crippen LogP contribution in [0, 0.1) is 27.7 Å². The van der Waals surface area contributed by atoms with Crippen LogP contribution in [0.2, 0.25) is 0 Å². The number of hydrogen-bond acceptors (Lipinski definition) is 7. The van der Waals surface area contributed by atoms with Crippen molar-refractivity contribution in [1.29, 1.82) is 0 Å². The molecule has 10 heteroatoms. The third-order valence-electron chi connectivity index (χ3n) is 4.97. The zero-order valence-electron chi connectivity index (χ0n) is 15.2. The van der Waals surface area contributed by atoms with Gasteiger partial charge in [0, 0.05) is 12.6 Å². The van der Waals surface area contributed by atoms with Gasteiger partial charge in [-0.15, -0.1) is 0 Å². The first kappa shape index (κ1) is 19.9. The van der Waals surface area contributed by atoms with Gasteiger partial charge in [0.25, 0.3) is 0 Å². The van der Waals surface area contributed by atoms with Crippen molar-refractivity contribution in [2.45, 2.75) is 44.7 Å². The van der Waals surface area contributed by atoms with Gasteiger partial charge in [-0.05, 0) is 55.7 Å². The zero-order valence-corrected chi connectivity index (χ0v) is 15.2. The summed E-state index contributed by atoms with van der Waals surface area (Å²) in [5, 5.41) is 14.3. The molecule has 150 valence electrons. The van der Waals surface area contributed by atoms with Crippen molar-refractivity contribution in [3.63, 3.8) is 0 Å². The van der Waals surface area contributed by atoms with Crippen LogP contribution in [0.5, 0.6) is 0 Å². The molecule has 0 unspecified atom stereocenters. The maximum Gasteiger partial charge on any atom is 0.332 e. The van der Waals surface area contributed by atoms with Crippen LogP contribution in [-0.2, 0) is 13.0 Å². The first-order valence-electron chi connectivity index (χ1n) is 9.07. The van der Waals surface area contributed by atoms with Crippen LogP contribution in [-0.4, -0.2) is 20.9 Å². The summed E-state index contributed by atoms with van der Waals surface area (Å²) in [7, 11) is 0. The average Bonchev–Trinajstić information content (AvgIpc) is 2.64. The summed E-state index contributed by atoms with van der Waals surface area (Å²) in [5.74, 6) is -1.77. The molecule has 0 bridgehead atoms. The third-order valence-corrected chi connectivity index (χ3v) is 4.97. The Hall–Kier alpha value is -2.88. The predicted octanol–water partition coefficient (Wildman–Crippen LogP) is 2.92. The average molecular weight is 392 g/mol. The fourth-order valence-electron chi connectivity index (χ4n) is 3.44. The number of nitrogens with zero attached hydrogens (tertiary/aromatic N) is 3. The first-order valence-corrected chi connectivity index (χ1v) is 9.07. The van der Waals surface area contributed by atoms with Gasteiger partial charge in [0.2, 0.25) is 11.8 Å². The van der Waals surface area contributed by atoms with E-state index in [2.05, 4.69) is 15.3 Å². The second-order valence-electron chi connectivity index (χ2n) is 7.07. The van der Waals surface area contributed by atoms with Crippen molar-refractivity contribution in [3.8, 4) is 0 Å². The highest BCUT2D eigenvalue weighted by Crippen LogP contribution is 2.31. The van der Waals surface area contributed by atoms with E-state index < -0.39 is 16.6 Å². The van der Waals surface area contributed by atoms with Gasteiger partial charge in [0.05, 0.1) is 4.92 Å². The number of hydrogen-bond donors (Lipinski definition) is 3. The summed E-state index contributed by atoms with van der Waals surface area (Å²) in [5.41, 5.74) is 12.2. The minimum absolute atomic E-state index is 0.107. The second-order valence-corrected chi connectivity index (χ2v) is 7.07. The predicted molar refractivity (Wildman–Crippen MR) is 100 cm³/mol. The molecular weight excluding hydrogens is 370 g/mol. The minimum Gasteiger partial charge on any atom is -0.378 e. The van der Waals surface area contributed by atoms with Crippen LogP contribution in [0.3, 0.4) is 0 Å². The molecule has 0 atom stereocenters. The van der Waals surface area contributed by atoms with Gasteiger partial charge in [-0.2, -0.15) is 4.98 Å². The Morgan fingerprint density at radius 2 is 1.89 bits per heavy atom. The Morgan fingerprint density at radius 3 is 2.54 bits per heavy atom. The largest absolute Gasteiger partial charge is 0.378 e. The van der Waals surface area contributed by atoms with Crippen molar-refractivity contribution in [3.05, 3.63) is 51.2 Å². The fourth-order valence-corrected chi connectivity index (χ4v) is 3.44. The number of halogens is 2. The van der Waals surface area contributed by atoms with E-state index in [0.717, 1.165) is 37.8 Å². The van der Waals surface area contributed by atoms with Crippen LogP contribution in [0.25, 0.3) is 0 Å². The molecule has 1 aliphatic rings. The van der Waals surface area contributed by atoms with Crippen molar-refractivity contribution in [2.24, 2.45) is 11.7 Å². The molecule has 0 saturated heterocycles. The number of nitrogen functional groups attached to an aromatic ring is 1. The molecule has 0 aliphatic heterocycles. The van der Waals surface area contributed by atoms with E-state index in [1.54, 1.807) is 0 Å². The highest BCUT2D eigenvalue weighted by molar-refractivity contribution is 5.58. The van der Waals surface area contributed by atoms with Gasteiger partial charge in [0.1, 0.15) is 5.69 Å². The molecule has 1 fully saturated rings. The molecule has 2 aromatic rings. The third kappa shape index (κ3) is 4.69. The quantitative estimate of drug-likeness (QED) is 0.508. The van der Waals surface area contributed by atoms with Crippen LogP contribution in [0.1, 0.15) is 36.9 Å². The van der Waals surface area contributed by atoms with E-state index in [-0.39, 0.29) is 41.7 Å². The van der Waals surface area contributed by atoms with Crippen LogP contribution in [0.15, 0.2) is 18.2 Å². The lowest BCUT2D eigenvalue weighted by atomic mass is 9.83. The molecule has 1 aliphatic carbocycles. The number of aromatic nitrogens is 2. The Labute approximate surface area is 160 Å². The summed E-state index contributed by atoms with van der Waals surface area (Å²) in [4.78, 5) is 19.1. The topological polar surface area (TPSA) is 133 Å². The van der Waals surface area contributed by atoms with Crippen LogP contribution < -0.4 is 16.8 Å². The van der Waals surface area contributed by atoms with Crippen molar-refractivity contribution >= 4 is 17.5 Å². The molecule has 1 heterocycles. The maximum atomic E-state index is 13.3. The number of nitrogens with two attached hydrogens (primary N) is 2. The van der Waals surface area contributed by atoms with Gasteiger partial charge in [-0.25, -0.2) is 13.8 Å². The van der Waals surface area contributed by atoms with E-state index in [4.69, 9.17) is 11.5 Å². The number of nitro groups is 1. The van der Waals surface area contributed by atoms with Gasteiger partial charge in [0.15, 0.2) is 11.6 Å². The summed E-state index contributed by atoms with van der Waals surface area (Å²) in [6.07, 6.45) is 3.91. The lowest BCUT2D eigenvalue weighted by Crippen LogP contribution is -2.27. The lowest BCUT2D eigenvalue weighted by Gasteiger charge is -2.25. The first-order chi connectivity index (χ1) is 13.3. The molecule has 28 heavy (non-hydrogen) atoms. The number of anilines is 2. The van der Waals surface area contributed by atoms with E-state index in [1.807, 2.05) is 0 Å². The molecule has 8 nitrogen and oxygen atoms in total. The van der Waals surface area contributed by atoms with E-state index in [9.17, 15) is 18.9 Å². The molecular formula is C18H22F2N6O2. The van der Waals surface area contributed by atoms with E-state index in [1.165, 1.54) is 6.07 Å². The standard InChI is InChI=1S/C18H22F2N6O2/c19-13-6-3-11(7-14(13)20)9-23-18-24-15(16(26(27)28)17(22)25-18)8-10-1-4-12(21)5-2-10/h3,6-7,10,12H,1-2,4-5,8-9,21H2,(H3,22,23,24,25)/t10-,12-. The number of rotatable bonds is 6. The molecule has 1 aromatic carbocycles. The van der Waals surface area contributed by atoms with Gasteiger partial charge in [-0.1, -0.05) is 6.07 Å². The van der Waals surface area contributed by atoms with Gasteiger partial charge >= 0.3 is 5.69 Å². The Bertz CT molecular complexity index is 871. The highest BCUT2D eigenvalue weighted by Gasteiger charge is 2.27. The van der Waals surface area contributed by atoms with Crippen molar-refractivity contribution < 1.29 is 13.7 Å². The second kappa shape index (κ2) is 8.42. The van der Waals surface area contributed by atoms with Crippen molar-refractivity contribution in [1.82, 2.24) is 9.97 Å².